The molecular weight excluding hydrogens is 602 g/mol. The van der Waals surface area contributed by atoms with Gasteiger partial charge in [-0.2, -0.15) is 0 Å². The Balaban J connectivity index is 1.89. The molecule has 0 radical (unpaired) electrons. The fourth-order valence-electron chi connectivity index (χ4n) is 7.64. The minimum Gasteiger partial charge on any atom is -0.507 e. The smallest absolute Gasteiger partial charge is 0.228 e. The van der Waals surface area contributed by atoms with Crippen LogP contribution < -0.4 is 5.73 Å². The van der Waals surface area contributed by atoms with Crippen molar-refractivity contribution in [3.63, 3.8) is 0 Å². The molecule has 0 heterocycles. The molecule has 0 spiro atoms. The molecule has 1 saturated carbocycles. The standard InChI is InChI=1S/C33H46ClN3O8/c1-8-10-45-33-21(28(36(4)5)30(41)26(32(35)42)22(33)16-38)13-18-12-20-25(29(40)24(18)31(33)43-7)23(39)14-19(27(20)34)15-37(6)9-11-44-17(2)3/h14,16-18,21-22,26,28,39H,8-13,15H2,1-7H3,(H2,35,42). The number of nitrogens with two attached hydrogens (primary N) is 1. The van der Waals surface area contributed by atoms with E-state index in [0.717, 1.165) is 0 Å². The number of likely N-dealkylation sites (N-methyl/N-ethyl adjacent to an activating group) is 2. The van der Waals surface area contributed by atoms with Gasteiger partial charge in [0.1, 0.15) is 29.3 Å². The predicted molar refractivity (Wildman–Crippen MR) is 168 cm³/mol. The molecule has 12 heteroatoms. The lowest BCUT2D eigenvalue weighted by atomic mass is 9.53. The number of ketones is 2. The third kappa shape index (κ3) is 6.05. The summed E-state index contributed by atoms with van der Waals surface area (Å²) in [6, 6.07) is 0.663. The number of phenols is 1. The fourth-order valence-corrected chi connectivity index (χ4v) is 7.93. The lowest BCUT2D eigenvalue weighted by Gasteiger charge is -2.57. The predicted octanol–water partition coefficient (Wildman–Crippen LogP) is 2.77. The third-order valence-corrected chi connectivity index (χ3v) is 9.86. The molecular formula is C33H46ClN3O8. The molecule has 11 nitrogen and oxygen atoms in total. The maximum Gasteiger partial charge on any atom is 0.228 e. The van der Waals surface area contributed by atoms with E-state index >= 15 is 0 Å². The number of carbonyl (C=O) groups excluding carboxylic acids is 4. The van der Waals surface area contributed by atoms with Gasteiger partial charge in [0, 0.05) is 36.2 Å². The van der Waals surface area contributed by atoms with Crippen LogP contribution in [0, 0.1) is 23.7 Å². The molecule has 3 aliphatic carbocycles. The highest BCUT2D eigenvalue weighted by molar-refractivity contribution is 6.33. The van der Waals surface area contributed by atoms with E-state index in [1.807, 2.05) is 32.7 Å². The van der Waals surface area contributed by atoms with Crippen LogP contribution in [0.5, 0.6) is 5.75 Å². The van der Waals surface area contributed by atoms with Crippen molar-refractivity contribution >= 4 is 35.4 Å². The van der Waals surface area contributed by atoms with Gasteiger partial charge in [-0.25, -0.2) is 0 Å². The van der Waals surface area contributed by atoms with Crippen molar-refractivity contribution in [1.82, 2.24) is 9.80 Å². The molecule has 6 unspecified atom stereocenters. The number of nitrogens with zero attached hydrogens (tertiary/aromatic N) is 2. The van der Waals surface area contributed by atoms with Gasteiger partial charge in [0.15, 0.2) is 11.6 Å². The Morgan fingerprint density at radius 3 is 2.49 bits per heavy atom. The third-order valence-electron chi connectivity index (χ3n) is 9.39. The molecule has 0 aromatic heterocycles. The number of primary amides is 1. The number of benzene rings is 1. The average Bonchev–Trinajstić information content (AvgIpc) is 2.96. The zero-order chi connectivity index (χ0) is 33.4. The number of amides is 1. The molecule has 3 N–H and O–H groups in total. The highest BCUT2D eigenvalue weighted by Gasteiger charge is 2.68. The van der Waals surface area contributed by atoms with Crippen LogP contribution in [-0.4, -0.2) is 104 Å². The number of phenolic OH excluding ortho intramolecular Hbond substituents is 1. The number of fused-ring (bicyclic) bond motifs is 3. The number of allylic oxidation sites excluding steroid dienone is 1. The summed E-state index contributed by atoms with van der Waals surface area (Å²) in [5, 5.41) is 11.7. The number of carbonyl (C=O) groups is 4. The van der Waals surface area contributed by atoms with Gasteiger partial charge in [-0.3, -0.25) is 24.2 Å². The van der Waals surface area contributed by atoms with Gasteiger partial charge in [-0.05, 0) is 77.4 Å². The van der Waals surface area contributed by atoms with Gasteiger partial charge < -0.3 is 29.8 Å². The van der Waals surface area contributed by atoms with Gasteiger partial charge in [0.25, 0.3) is 0 Å². The van der Waals surface area contributed by atoms with Gasteiger partial charge in [0.2, 0.25) is 5.91 Å². The van der Waals surface area contributed by atoms with Crippen molar-refractivity contribution in [2.45, 2.75) is 64.3 Å². The van der Waals surface area contributed by atoms with E-state index in [2.05, 4.69) is 0 Å². The fraction of sp³-hybridized carbons (Fsp3) is 0.636. The first-order chi connectivity index (χ1) is 21.3. The number of Topliss-reactive ketones (excluding diaryl/α,β-unsaturated/α-hetero) is 2. The van der Waals surface area contributed by atoms with Gasteiger partial charge >= 0.3 is 0 Å². The summed E-state index contributed by atoms with van der Waals surface area (Å²) in [5.41, 5.74) is 5.66. The number of hydrogen-bond acceptors (Lipinski definition) is 10. The minimum absolute atomic E-state index is 0.0737. The second-order valence-corrected chi connectivity index (χ2v) is 13.3. The Hall–Kier alpha value is -2.83. The maximum atomic E-state index is 14.4. The van der Waals surface area contributed by atoms with Crippen LogP contribution in [0.15, 0.2) is 17.4 Å². The largest absolute Gasteiger partial charge is 0.507 e. The first kappa shape index (κ1) is 35.0. The first-order valence-corrected chi connectivity index (χ1v) is 15.9. The number of aromatic hydroxyl groups is 1. The topological polar surface area (TPSA) is 149 Å². The lowest BCUT2D eigenvalue weighted by molar-refractivity contribution is -0.190. The number of halogens is 1. The molecule has 6 atom stereocenters. The van der Waals surface area contributed by atoms with Crippen LogP contribution in [0.25, 0.3) is 0 Å². The van der Waals surface area contributed by atoms with Gasteiger partial charge in [0.05, 0.1) is 37.3 Å². The molecule has 0 saturated heterocycles. The molecule has 4 rings (SSSR count). The maximum absolute atomic E-state index is 14.4. The first-order valence-electron chi connectivity index (χ1n) is 15.5. The van der Waals surface area contributed by atoms with E-state index in [9.17, 15) is 24.3 Å². The Morgan fingerprint density at radius 2 is 1.93 bits per heavy atom. The normalized spacial score (nSPS) is 27.9. The van der Waals surface area contributed by atoms with Crippen molar-refractivity contribution in [1.29, 1.82) is 0 Å². The second kappa shape index (κ2) is 13.9. The molecule has 1 aromatic rings. The molecule has 45 heavy (non-hydrogen) atoms. The zero-order valence-corrected chi connectivity index (χ0v) is 28.0. The zero-order valence-electron chi connectivity index (χ0n) is 27.2. The van der Waals surface area contributed by atoms with E-state index < -0.39 is 52.8 Å². The monoisotopic (exact) mass is 647 g/mol. The summed E-state index contributed by atoms with van der Waals surface area (Å²) >= 11 is 6.98. The van der Waals surface area contributed by atoms with Gasteiger partial charge in [-0.1, -0.05) is 18.5 Å². The Morgan fingerprint density at radius 1 is 1.24 bits per heavy atom. The number of hydrogen-bond donors (Lipinski definition) is 2. The van der Waals surface area contributed by atoms with Crippen LogP contribution in [0.4, 0.5) is 0 Å². The highest BCUT2D eigenvalue weighted by Crippen LogP contribution is 2.57. The number of rotatable bonds is 13. The van der Waals surface area contributed by atoms with E-state index in [0.29, 0.717) is 55.0 Å². The Kier molecular flexibility index (Phi) is 10.8. The van der Waals surface area contributed by atoms with E-state index in [4.69, 9.17) is 31.5 Å². The number of methoxy groups -OCH3 is 1. The summed E-state index contributed by atoms with van der Waals surface area (Å²) in [7, 11) is 6.76. The van der Waals surface area contributed by atoms with E-state index in [-0.39, 0.29) is 41.8 Å². The molecule has 3 aliphatic rings. The molecule has 0 aliphatic heterocycles. The van der Waals surface area contributed by atoms with Crippen molar-refractivity contribution in [2.24, 2.45) is 29.4 Å². The average molecular weight is 648 g/mol. The Bertz CT molecular complexity index is 1380. The van der Waals surface area contributed by atoms with Crippen molar-refractivity contribution in [3.05, 3.63) is 39.1 Å². The number of ether oxygens (including phenoxy) is 3. The van der Waals surface area contributed by atoms with Gasteiger partial charge in [-0.15, -0.1) is 0 Å². The molecule has 1 amide bonds. The molecule has 1 fully saturated rings. The summed E-state index contributed by atoms with van der Waals surface area (Å²) in [5.74, 6) is -5.92. The summed E-state index contributed by atoms with van der Waals surface area (Å²) in [6.07, 6.45) is 1.77. The molecule has 1 aromatic carbocycles. The van der Waals surface area contributed by atoms with Crippen molar-refractivity contribution in [2.75, 3.05) is 48.0 Å². The SMILES string of the molecule is CCCOC12C(OC)=C3C(=O)c4c(O)cc(CN(C)CCOC(C)C)c(Cl)c4CC3CC1C(N(C)C)C(=O)C(C(N)=O)C2C=O. The summed E-state index contributed by atoms with van der Waals surface area (Å²) < 4.78 is 18.2. The Labute approximate surface area is 270 Å². The summed E-state index contributed by atoms with van der Waals surface area (Å²) in [4.78, 5) is 57.7. The van der Waals surface area contributed by atoms with E-state index in [1.54, 1.807) is 19.0 Å². The lowest BCUT2D eigenvalue weighted by Crippen LogP contribution is -2.70. The van der Waals surface area contributed by atoms with Crippen LogP contribution in [0.3, 0.4) is 0 Å². The second-order valence-electron chi connectivity index (χ2n) is 12.9. The van der Waals surface area contributed by atoms with Crippen LogP contribution in [-0.2, 0) is 41.6 Å². The summed E-state index contributed by atoms with van der Waals surface area (Å²) in [6.45, 7) is 7.61. The number of aldehydes is 1. The molecule has 0 bridgehead atoms. The van der Waals surface area contributed by atoms with Crippen molar-refractivity contribution < 1.29 is 38.5 Å². The highest BCUT2D eigenvalue weighted by atomic mass is 35.5. The van der Waals surface area contributed by atoms with Crippen molar-refractivity contribution in [3.8, 4) is 5.75 Å². The van der Waals surface area contributed by atoms with Crippen LogP contribution in [0.2, 0.25) is 5.02 Å². The van der Waals surface area contributed by atoms with E-state index in [1.165, 1.54) is 13.2 Å². The van der Waals surface area contributed by atoms with Crippen LogP contribution >= 0.6 is 11.6 Å². The minimum atomic E-state index is -1.62. The van der Waals surface area contributed by atoms with Crippen LogP contribution in [0.1, 0.15) is 55.1 Å². The quantitative estimate of drug-likeness (QED) is 0.242. The molecule has 248 valence electrons.